The van der Waals surface area contributed by atoms with Crippen LogP contribution < -0.4 is 5.32 Å². The summed E-state index contributed by atoms with van der Waals surface area (Å²) in [5, 5.41) is 7.53. The maximum atomic E-state index is 11.7. The summed E-state index contributed by atoms with van der Waals surface area (Å²) in [5.74, 6) is 0.941. The highest BCUT2D eigenvalue weighted by Crippen LogP contribution is 2.15. The number of hydrogen-bond acceptors (Lipinski definition) is 6. The van der Waals surface area contributed by atoms with E-state index < -0.39 is 0 Å². The summed E-state index contributed by atoms with van der Waals surface area (Å²) >= 11 is 0. The van der Waals surface area contributed by atoms with Crippen LogP contribution in [-0.2, 0) is 6.54 Å². The molecule has 7 heteroatoms. The fraction of sp³-hybridized carbons (Fsp3) is 0.267. The summed E-state index contributed by atoms with van der Waals surface area (Å²) in [5.41, 5.74) is 3.10. The van der Waals surface area contributed by atoms with E-state index in [-0.39, 0.29) is 5.78 Å². The van der Waals surface area contributed by atoms with Crippen molar-refractivity contribution in [3.63, 3.8) is 0 Å². The zero-order valence-electron chi connectivity index (χ0n) is 12.7. The number of nitrogens with zero attached hydrogens (tertiary/aromatic N) is 5. The molecule has 0 aliphatic rings. The first kappa shape index (κ1) is 14.1. The molecule has 0 bridgehead atoms. The van der Waals surface area contributed by atoms with E-state index in [1.807, 2.05) is 26.0 Å². The molecular weight excluding hydrogens is 280 g/mol. The fourth-order valence-electron chi connectivity index (χ4n) is 2.44. The van der Waals surface area contributed by atoms with Gasteiger partial charge in [-0.1, -0.05) is 0 Å². The third kappa shape index (κ3) is 2.52. The molecule has 22 heavy (non-hydrogen) atoms. The number of anilines is 1. The number of Topliss-reactive ketones (excluding diaryl/α,β-unsaturated/α-hetero) is 1. The fourth-order valence-corrected chi connectivity index (χ4v) is 2.44. The molecule has 3 rings (SSSR count). The number of aryl methyl sites for hydroxylation is 2. The molecule has 112 valence electrons. The first-order chi connectivity index (χ1) is 10.6. The molecule has 0 aliphatic heterocycles. The molecule has 0 amide bonds. The van der Waals surface area contributed by atoms with Crippen LogP contribution in [0.3, 0.4) is 0 Å². The molecule has 0 aliphatic carbocycles. The lowest BCUT2D eigenvalue weighted by Crippen LogP contribution is -2.09. The number of nitrogens with one attached hydrogen (secondary N) is 1. The Kier molecular flexibility index (Phi) is 3.54. The maximum absolute atomic E-state index is 11.7. The minimum atomic E-state index is -0.0220. The van der Waals surface area contributed by atoms with Gasteiger partial charge in [0.15, 0.2) is 5.78 Å². The van der Waals surface area contributed by atoms with Crippen molar-refractivity contribution in [2.75, 3.05) is 5.32 Å². The van der Waals surface area contributed by atoms with Crippen molar-refractivity contribution in [1.82, 2.24) is 24.6 Å². The van der Waals surface area contributed by atoms with Crippen LogP contribution in [0.25, 0.3) is 5.78 Å². The summed E-state index contributed by atoms with van der Waals surface area (Å²) in [4.78, 5) is 24.4. The lowest BCUT2D eigenvalue weighted by atomic mass is 10.1. The standard InChI is InChI=1S/C15H16N6O/c1-9-13(11(3)22)10(2)21-15(18-9)19-14(20-21)17-8-12-4-6-16-7-5-12/h4-7H,8H2,1-3H3,(H,17,20). The van der Waals surface area contributed by atoms with Gasteiger partial charge in [-0.05, 0) is 38.5 Å². The van der Waals surface area contributed by atoms with Crippen LogP contribution in [0, 0.1) is 13.8 Å². The van der Waals surface area contributed by atoms with Gasteiger partial charge in [-0.15, -0.1) is 5.10 Å². The first-order valence-electron chi connectivity index (χ1n) is 6.94. The van der Waals surface area contributed by atoms with E-state index in [4.69, 9.17) is 0 Å². The van der Waals surface area contributed by atoms with Crippen molar-refractivity contribution in [3.8, 4) is 0 Å². The molecular formula is C15H16N6O. The molecule has 7 nitrogen and oxygen atoms in total. The Bertz CT molecular complexity index is 840. The highest BCUT2D eigenvalue weighted by molar-refractivity contribution is 5.96. The Morgan fingerprint density at radius 1 is 1.23 bits per heavy atom. The van der Waals surface area contributed by atoms with E-state index in [1.165, 1.54) is 6.92 Å². The largest absolute Gasteiger partial charge is 0.349 e. The van der Waals surface area contributed by atoms with E-state index in [0.717, 1.165) is 11.3 Å². The lowest BCUT2D eigenvalue weighted by molar-refractivity contribution is 0.101. The highest BCUT2D eigenvalue weighted by atomic mass is 16.1. The van der Waals surface area contributed by atoms with E-state index >= 15 is 0 Å². The smallest absolute Gasteiger partial charge is 0.254 e. The van der Waals surface area contributed by atoms with Crippen LogP contribution in [0.5, 0.6) is 0 Å². The molecule has 0 radical (unpaired) electrons. The molecule has 1 N–H and O–H groups in total. The van der Waals surface area contributed by atoms with Gasteiger partial charge in [0, 0.05) is 18.9 Å². The number of rotatable bonds is 4. The van der Waals surface area contributed by atoms with Crippen molar-refractivity contribution in [1.29, 1.82) is 0 Å². The topological polar surface area (TPSA) is 85.1 Å². The minimum absolute atomic E-state index is 0.0220. The van der Waals surface area contributed by atoms with Crippen LogP contribution in [-0.4, -0.2) is 30.3 Å². The van der Waals surface area contributed by atoms with Gasteiger partial charge < -0.3 is 5.32 Å². The minimum Gasteiger partial charge on any atom is -0.349 e. The second-order valence-electron chi connectivity index (χ2n) is 5.07. The van der Waals surface area contributed by atoms with Gasteiger partial charge in [0.05, 0.1) is 17.0 Å². The molecule has 3 aromatic rings. The zero-order chi connectivity index (χ0) is 15.7. The van der Waals surface area contributed by atoms with Gasteiger partial charge in [0.1, 0.15) is 0 Å². The van der Waals surface area contributed by atoms with Crippen LogP contribution in [0.15, 0.2) is 24.5 Å². The Morgan fingerprint density at radius 2 is 1.95 bits per heavy atom. The van der Waals surface area contributed by atoms with E-state index in [2.05, 4.69) is 25.4 Å². The van der Waals surface area contributed by atoms with E-state index in [0.29, 0.717) is 29.5 Å². The molecule has 3 aromatic heterocycles. The van der Waals surface area contributed by atoms with Crippen molar-refractivity contribution in [2.24, 2.45) is 0 Å². The average Bonchev–Trinajstić information content (AvgIpc) is 2.89. The monoisotopic (exact) mass is 296 g/mol. The molecule has 0 aromatic carbocycles. The third-order valence-electron chi connectivity index (χ3n) is 3.45. The summed E-state index contributed by atoms with van der Waals surface area (Å²) in [6, 6.07) is 3.84. The van der Waals surface area contributed by atoms with Crippen LogP contribution >= 0.6 is 0 Å². The SMILES string of the molecule is CC(=O)c1c(C)nc2nc(NCc3ccncc3)nn2c1C. The Hall–Kier alpha value is -2.83. The van der Waals surface area contributed by atoms with Crippen LogP contribution in [0.2, 0.25) is 0 Å². The van der Waals surface area contributed by atoms with Crippen LogP contribution in [0.4, 0.5) is 5.95 Å². The number of fused-ring (bicyclic) bond motifs is 1. The Labute approximate surface area is 127 Å². The summed E-state index contributed by atoms with van der Waals surface area (Å²) in [6.07, 6.45) is 3.48. The number of carbonyl (C=O) groups excluding carboxylic acids is 1. The molecule has 0 unspecified atom stereocenters. The summed E-state index contributed by atoms with van der Waals surface area (Å²) in [7, 11) is 0. The summed E-state index contributed by atoms with van der Waals surface area (Å²) < 4.78 is 1.60. The maximum Gasteiger partial charge on any atom is 0.254 e. The Balaban J connectivity index is 1.93. The number of ketones is 1. The van der Waals surface area contributed by atoms with Crippen molar-refractivity contribution in [3.05, 3.63) is 47.0 Å². The molecule has 0 saturated heterocycles. The van der Waals surface area contributed by atoms with Gasteiger partial charge in [-0.25, -0.2) is 4.98 Å². The molecule has 3 heterocycles. The molecule has 0 spiro atoms. The number of hydrogen-bond donors (Lipinski definition) is 1. The first-order valence-corrected chi connectivity index (χ1v) is 6.94. The van der Waals surface area contributed by atoms with Gasteiger partial charge in [0.25, 0.3) is 5.78 Å². The molecule has 0 saturated carbocycles. The van der Waals surface area contributed by atoms with Crippen molar-refractivity contribution >= 4 is 17.5 Å². The van der Waals surface area contributed by atoms with Gasteiger partial charge >= 0.3 is 0 Å². The highest BCUT2D eigenvalue weighted by Gasteiger charge is 2.16. The predicted molar refractivity (Wildman–Crippen MR) is 81.8 cm³/mol. The Morgan fingerprint density at radius 3 is 2.64 bits per heavy atom. The number of aromatic nitrogens is 5. The molecule has 0 atom stereocenters. The number of carbonyl (C=O) groups is 1. The van der Waals surface area contributed by atoms with E-state index in [1.54, 1.807) is 16.9 Å². The molecule has 0 fully saturated rings. The summed E-state index contributed by atoms with van der Waals surface area (Å²) in [6.45, 7) is 5.78. The van der Waals surface area contributed by atoms with Crippen LogP contribution in [0.1, 0.15) is 34.2 Å². The number of pyridine rings is 1. The van der Waals surface area contributed by atoms with Gasteiger partial charge in [-0.2, -0.15) is 9.50 Å². The van der Waals surface area contributed by atoms with Crippen molar-refractivity contribution < 1.29 is 4.79 Å². The van der Waals surface area contributed by atoms with E-state index in [9.17, 15) is 4.79 Å². The normalized spacial score (nSPS) is 10.9. The lowest BCUT2D eigenvalue weighted by Gasteiger charge is -2.06. The quantitative estimate of drug-likeness (QED) is 0.741. The third-order valence-corrected chi connectivity index (χ3v) is 3.45. The second-order valence-corrected chi connectivity index (χ2v) is 5.07. The average molecular weight is 296 g/mol. The van der Waals surface area contributed by atoms with Gasteiger partial charge in [-0.3, -0.25) is 9.78 Å². The zero-order valence-corrected chi connectivity index (χ0v) is 12.7. The van der Waals surface area contributed by atoms with Gasteiger partial charge in [0.2, 0.25) is 5.95 Å². The second kappa shape index (κ2) is 5.51. The predicted octanol–water partition coefficient (Wildman–Crippen LogP) is 1.95. The van der Waals surface area contributed by atoms with Crippen molar-refractivity contribution in [2.45, 2.75) is 27.3 Å².